The lowest BCUT2D eigenvalue weighted by Gasteiger charge is -2.57. The highest BCUT2D eigenvalue weighted by Crippen LogP contribution is 2.57. The van der Waals surface area contributed by atoms with Gasteiger partial charge in [0, 0.05) is 16.7 Å². The summed E-state index contributed by atoms with van der Waals surface area (Å²) >= 11 is 18.6. The molecule has 0 aromatic heterocycles. The van der Waals surface area contributed by atoms with Crippen LogP contribution in [0.1, 0.15) is 71.8 Å². The molecule has 0 unspecified atom stereocenters. The maximum absolute atomic E-state index is 14.7. The summed E-state index contributed by atoms with van der Waals surface area (Å²) < 4.78 is 50.1. The van der Waals surface area contributed by atoms with Crippen molar-refractivity contribution < 1.29 is 42.4 Å². The normalized spacial score (nSPS) is 21.9. The Hall–Kier alpha value is -3.88. The zero-order valence-electron chi connectivity index (χ0n) is 36.5. The summed E-state index contributed by atoms with van der Waals surface area (Å²) in [5, 5.41) is -0.115. The summed E-state index contributed by atoms with van der Waals surface area (Å²) in [6.07, 6.45) is -0.817. The third-order valence-corrected chi connectivity index (χ3v) is 17.8. The predicted octanol–water partition coefficient (Wildman–Crippen LogP) is 10.8. The van der Waals surface area contributed by atoms with Gasteiger partial charge < -0.3 is 37.6 Å². The van der Waals surface area contributed by atoms with E-state index in [-0.39, 0.29) is 37.7 Å². The summed E-state index contributed by atoms with van der Waals surface area (Å²) in [5.41, 5.74) is 6.45. The molecule has 62 heavy (non-hydrogen) atoms. The minimum atomic E-state index is -2.41. The topological polar surface area (TPSA) is 97.4 Å². The lowest BCUT2D eigenvalue weighted by atomic mass is 9.78. The number of aryl methyl sites for hydroxylation is 1. The molecule has 0 spiro atoms. The fraction of sp³-hybridized carbons (Fsp3) is 0.468. The summed E-state index contributed by atoms with van der Waals surface area (Å²) in [4.78, 5) is 18.9. The van der Waals surface area contributed by atoms with E-state index < -0.39 is 49.2 Å². The largest absolute Gasteiger partial charge is 0.493 e. The number of hydrogen-bond donors (Lipinski definition) is 0. The standard InChI is InChI=1S/C47H55Cl3N2O9Si/c1-28-19-32-20-34-44-51(35(24-57-44)33-21-37(29(2)41-42(33)60-27-59-41)55-22-30-15-11-9-12-16-30)36(25-61-62(7,8)46(3,4)5)39(52(34)45(53)58-26-47(48,49)50)38(32)43(40(28)54-6)56-23-31-17-13-10-14-18-31/h9-19,21,34-36,39,44H,20,22-27H2,1-8H3/t34-,35+,36+,39-,44+/m1/s1. The number of piperazine rings is 1. The molecule has 5 atom stereocenters. The number of amides is 1. The molecule has 332 valence electrons. The lowest BCUT2D eigenvalue weighted by Crippen LogP contribution is -2.68. The molecule has 8 rings (SSSR count). The minimum Gasteiger partial charge on any atom is -0.493 e. The van der Waals surface area contributed by atoms with Crippen LogP contribution >= 0.6 is 34.8 Å². The van der Waals surface area contributed by atoms with Crippen molar-refractivity contribution in [2.75, 3.05) is 33.7 Å². The van der Waals surface area contributed by atoms with E-state index in [1.54, 1.807) is 12.0 Å². The van der Waals surface area contributed by atoms with Gasteiger partial charge in [-0.1, -0.05) is 122 Å². The van der Waals surface area contributed by atoms with E-state index in [4.69, 9.17) is 72.4 Å². The van der Waals surface area contributed by atoms with Crippen molar-refractivity contribution in [3.63, 3.8) is 0 Å². The van der Waals surface area contributed by atoms with Crippen LogP contribution in [0.15, 0.2) is 72.8 Å². The van der Waals surface area contributed by atoms with Crippen molar-refractivity contribution in [1.29, 1.82) is 0 Å². The number of fused-ring (bicyclic) bond motifs is 7. The van der Waals surface area contributed by atoms with Gasteiger partial charge in [0.05, 0.1) is 44.5 Å². The van der Waals surface area contributed by atoms with Crippen LogP contribution in [0.5, 0.6) is 28.7 Å². The molecule has 15 heteroatoms. The van der Waals surface area contributed by atoms with Gasteiger partial charge in [-0.3, -0.25) is 9.80 Å². The molecule has 1 amide bonds. The van der Waals surface area contributed by atoms with Gasteiger partial charge in [-0.2, -0.15) is 0 Å². The third kappa shape index (κ3) is 8.68. The summed E-state index contributed by atoms with van der Waals surface area (Å²) in [6.45, 7) is 15.9. The van der Waals surface area contributed by atoms with Crippen LogP contribution in [0, 0.1) is 13.8 Å². The first-order valence-corrected chi connectivity index (χ1v) is 25.0. The van der Waals surface area contributed by atoms with Crippen LogP contribution in [0.2, 0.25) is 18.1 Å². The Labute approximate surface area is 380 Å². The number of halogens is 3. The number of hydrogen-bond acceptors (Lipinski definition) is 10. The van der Waals surface area contributed by atoms with Gasteiger partial charge >= 0.3 is 6.09 Å². The summed E-state index contributed by atoms with van der Waals surface area (Å²) in [6, 6.07) is 22.1. The monoisotopic (exact) mass is 924 g/mol. The highest BCUT2D eigenvalue weighted by Gasteiger charge is 2.60. The second-order valence-electron chi connectivity index (χ2n) is 17.9. The van der Waals surface area contributed by atoms with Crippen LogP contribution in [-0.4, -0.2) is 80.0 Å². The first-order valence-electron chi connectivity index (χ1n) is 21.0. The molecule has 4 aromatic rings. The first kappa shape index (κ1) is 44.7. The molecule has 11 nitrogen and oxygen atoms in total. The first-order chi connectivity index (χ1) is 29.5. The predicted molar refractivity (Wildman–Crippen MR) is 242 cm³/mol. The molecule has 0 N–H and O–H groups in total. The molecule has 4 aliphatic rings. The second kappa shape index (κ2) is 17.6. The van der Waals surface area contributed by atoms with E-state index in [1.807, 2.05) is 74.5 Å². The van der Waals surface area contributed by atoms with E-state index in [9.17, 15) is 4.79 Å². The molecular weight excluding hydrogens is 871 g/mol. The number of alkyl halides is 3. The Morgan fingerprint density at radius 3 is 2.16 bits per heavy atom. The van der Waals surface area contributed by atoms with Crippen molar-refractivity contribution in [1.82, 2.24) is 9.80 Å². The average molecular weight is 926 g/mol. The van der Waals surface area contributed by atoms with E-state index in [0.29, 0.717) is 41.8 Å². The number of carbonyl (C=O) groups is 1. The zero-order valence-corrected chi connectivity index (χ0v) is 39.7. The number of carbonyl (C=O) groups excluding carboxylic acids is 1. The highest BCUT2D eigenvalue weighted by atomic mass is 35.6. The van der Waals surface area contributed by atoms with Crippen molar-refractivity contribution in [3.05, 3.63) is 112 Å². The number of rotatable bonds is 12. The van der Waals surface area contributed by atoms with Gasteiger partial charge in [-0.05, 0) is 66.7 Å². The molecule has 2 fully saturated rings. The fourth-order valence-corrected chi connectivity index (χ4v) is 10.1. The molecule has 0 aliphatic carbocycles. The van der Waals surface area contributed by atoms with Gasteiger partial charge in [-0.15, -0.1) is 0 Å². The van der Waals surface area contributed by atoms with Gasteiger partial charge in [0.1, 0.15) is 31.8 Å². The fourth-order valence-electron chi connectivity index (χ4n) is 8.92. The molecular formula is C47H55Cl3N2O9Si. The Balaban J connectivity index is 1.30. The Morgan fingerprint density at radius 2 is 1.53 bits per heavy atom. The van der Waals surface area contributed by atoms with Crippen molar-refractivity contribution in [3.8, 4) is 28.7 Å². The average Bonchev–Trinajstić information content (AvgIpc) is 3.91. The van der Waals surface area contributed by atoms with E-state index in [2.05, 4.69) is 50.9 Å². The third-order valence-electron chi connectivity index (χ3n) is 13.0. The number of benzene rings is 4. The number of methoxy groups -OCH3 is 1. The van der Waals surface area contributed by atoms with Gasteiger partial charge in [-0.25, -0.2) is 4.79 Å². The smallest absolute Gasteiger partial charge is 0.410 e. The van der Waals surface area contributed by atoms with Gasteiger partial charge in [0.2, 0.25) is 10.6 Å². The van der Waals surface area contributed by atoms with Crippen molar-refractivity contribution in [2.45, 2.75) is 107 Å². The Bertz CT molecular complexity index is 2270. The summed E-state index contributed by atoms with van der Waals surface area (Å²) in [5.74, 6) is 3.09. The van der Waals surface area contributed by atoms with Crippen LogP contribution in [0.4, 0.5) is 4.79 Å². The minimum absolute atomic E-state index is 0.0724. The SMILES string of the molecule is COc1c(C)cc2c(c1OCc1ccccc1)[C@H]1[C@H](CO[Si](C)(C)C(C)(C)C)N3[C@H](c4cc(OCc5ccccc5)c(C)c5c4OCO5)CO[C@H]3[C@@H](C2)N1C(=O)OCC(Cl)(Cl)Cl. The molecule has 4 heterocycles. The van der Waals surface area contributed by atoms with Crippen molar-refractivity contribution in [2.24, 2.45) is 0 Å². The van der Waals surface area contributed by atoms with Gasteiger partial charge in [0.15, 0.2) is 31.3 Å². The van der Waals surface area contributed by atoms with E-state index >= 15 is 0 Å². The Kier molecular flexibility index (Phi) is 12.7. The van der Waals surface area contributed by atoms with Crippen LogP contribution in [0.3, 0.4) is 0 Å². The zero-order chi connectivity index (χ0) is 44.1. The second-order valence-corrected chi connectivity index (χ2v) is 25.3. The molecule has 4 aromatic carbocycles. The quantitative estimate of drug-likeness (QED) is 0.101. The maximum Gasteiger partial charge on any atom is 0.410 e. The number of nitrogens with zero attached hydrogens (tertiary/aromatic N) is 2. The van der Waals surface area contributed by atoms with Crippen molar-refractivity contribution >= 4 is 49.2 Å². The van der Waals surface area contributed by atoms with Crippen LogP contribution < -0.4 is 23.7 Å². The molecule has 0 saturated carbocycles. The lowest BCUT2D eigenvalue weighted by molar-refractivity contribution is -0.136. The molecule has 4 aliphatic heterocycles. The Morgan fingerprint density at radius 1 is 0.887 bits per heavy atom. The van der Waals surface area contributed by atoms with Crippen LogP contribution in [0.25, 0.3) is 0 Å². The summed E-state index contributed by atoms with van der Waals surface area (Å²) in [7, 11) is -0.769. The van der Waals surface area contributed by atoms with Gasteiger partial charge in [0.25, 0.3) is 0 Å². The van der Waals surface area contributed by atoms with E-state index in [0.717, 1.165) is 38.9 Å². The molecule has 0 radical (unpaired) electrons. The molecule has 2 bridgehead atoms. The van der Waals surface area contributed by atoms with E-state index in [1.165, 1.54) is 0 Å². The number of ether oxygens (including phenoxy) is 7. The maximum atomic E-state index is 14.7. The van der Waals surface area contributed by atoms with Crippen LogP contribution in [-0.2, 0) is 33.5 Å². The molecule has 2 saturated heterocycles. The highest BCUT2D eigenvalue weighted by molar-refractivity contribution is 6.74.